The van der Waals surface area contributed by atoms with E-state index < -0.39 is 10.0 Å². The molecule has 0 spiro atoms. The maximum atomic E-state index is 12.8. The summed E-state index contributed by atoms with van der Waals surface area (Å²) in [6.07, 6.45) is 3.52. The molecular formula is C15H23BrN2O2S. The second-order valence-corrected chi connectivity index (χ2v) is 8.31. The molecule has 0 radical (unpaired) electrons. The number of nitrogens with zero attached hydrogens (tertiary/aromatic N) is 1. The van der Waals surface area contributed by atoms with Gasteiger partial charge < -0.3 is 5.32 Å². The summed E-state index contributed by atoms with van der Waals surface area (Å²) in [5.74, 6) is 0.530. The van der Waals surface area contributed by atoms with Crippen LogP contribution in [0.1, 0.15) is 31.7 Å². The van der Waals surface area contributed by atoms with Crippen molar-refractivity contribution in [3.63, 3.8) is 0 Å². The maximum Gasteiger partial charge on any atom is 0.244 e. The van der Waals surface area contributed by atoms with Crippen LogP contribution >= 0.6 is 15.9 Å². The number of sulfonamides is 1. The molecular weight excluding hydrogens is 352 g/mol. The van der Waals surface area contributed by atoms with Crippen LogP contribution in [0.25, 0.3) is 0 Å². The van der Waals surface area contributed by atoms with Crippen molar-refractivity contribution in [2.75, 3.05) is 20.1 Å². The number of hydrogen-bond donors (Lipinski definition) is 1. The lowest BCUT2D eigenvalue weighted by Crippen LogP contribution is -2.37. The van der Waals surface area contributed by atoms with Crippen LogP contribution in [0, 0.1) is 5.92 Å². The molecule has 0 amide bonds. The van der Waals surface area contributed by atoms with Crippen molar-refractivity contribution in [3.8, 4) is 0 Å². The predicted molar refractivity (Wildman–Crippen MR) is 88.7 cm³/mol. The molecule has 1 aliphatic rings. The molecule has 0 saturated heterocycles. The highest BCUT2D eigenvalue weighted by Gasteiger charge is 2.29. The largest absolute Gasteiger partial charge is 0.316 e. The van der Waals surface area contributed by atoms with Crippen molar-refractivity contribution < 1.29 is 8.42 Å². The molecule has 1 saturated carbocycles. The average Bonchev–Trinajstić information content (AvgIpc) is 2.37. The fourth-order valence-corrected chi connectivity index (χ4v) is 5.18. The summed E-state index contributed by atoms with van der Waals surface area (Å²) in [7, 11) is -1.55. The first-order valence-electron chi connectivity index (χ1n) is 7.42. The minimum absolute atomic E-state index is 0.364. The lowest BCUT2D eigenvalue weighted by atomic mass is 9.85. The lowest BCUT2D eigenvalue weighted by Gasteiger charge is -2.31. The molecule has 0 aromatic heterocycles. The topological polar surface area (TPSA) is 49.4 Å². The Balaban J connectivity index is 2.24. The van der Waals surface area contributed by atoms with Crippen molar-refractivity contribution in [1.29, 1.82) is 0 Å². The molecule has 0 heterocycles. The minimum atomic E-state index is -3.42. The van der Waals surface area contributed by atoms with E-state index in [9.17, 15) is 8.42 Å². The minimum Gasteiger partial charge on any atom is -0.316 e. The summed E-state index contributed by atoms with van der Waals surface area (Å²) >= 11 is 3.41. The number of halogens is 1. The van der Waals surface area contributed by atoms with Gasteiger partial charge in [0.2, 0.25) is 10.0 Å². The van der Waals surface area contributed by atoms with Gasteiger partial charge in [-0.15, -0.1) is 0 Å². The van der Waals surface area contributed by atoms with E-state index >= 15 is 0 Å². The highest BCUT2D eigenvalue weighted by molar-refractivity contribution is 9.10. The Bertz CT molecular complexity index is 585. The molecule has 1 aliphatic carbocycles. The van der Waals surface area contributed by atoms with Gasteiger partial charge in [-0.05, 0) is 59.4 Å². The van der Waals surface area contributed by atoms with Gasteiger partial charge in [0.1, 0.15) is 0 Å². The molecule has 2 rings (SSSR count). The zero-order chi connectivity index (χ0) is 15.5. The third-order valence-electron chi connectivity index (χ3n) is 4.03. The first kappa shape index (κ1) is 16.9. The molecule has 118 valence electrons. The monoisotopic (exact) mass is 374 g/mol. The Morgan fingerprint density at radius 3 is 2.57 bits per heavy atom. The van der Waals surface area contributed by atoms with Crippen LogP contribution in [0.5, 0.6) is 0 Å². The summed E-state index contributed by atoms with van der Waals surface area (Å²) in [4.78, 5) is 0.364. The lowest BCUT2D eigenvalue weighted by molar-refractivity contribution is 0.250. The van der Waals surface area contributed by atoms with E-state index in [1.54, 1.807) is 10.4 Å². The number of hydrogen-bond acceptors (Lipinski definition) is 3. The summed E-state index contributed by atoms with van der Waals surface area (Å²) in [5.41, 5.74) is 1.06. The summed E-state index contributed by atoms with van der Waals surface area (Å²) in [6.45, 7) is 3.78. The van der Waals surface area contributed by atoms with Crippen molar-refractivity contribution in [2.24, 2.45) is 5.92 Å². The zero-order valence-electron chi connectivity index (χ0n) is 12.6. The molecule has 1 fully saturated rings. The van der Waals surface area contributed by atoms with Gasteiger partial charge >= 0.3 is 0 Å². The van der Waals surface area contributed by atoms with Crippen molar-refractivity contribution in [3.05, 3.63) is 28.2 Å². The van der Waals surface area contributed by atoms with E-state index in [0.29, 0.717) is 28.4 Å². The van der Waals surface area contributed by atoms with Crippen molar-refractivity contribution in [2.45, 2.75) is 37.6 Å². The molecule has 1 aromatic rings. The first-order valence-corrected chi connectivity index (χ1v) is 9.65. The van der Waals surface area contributed by atoms with E-state index in [0.717, 1.165) is 24.9 Å². The van der Waals surface area contributed by atoms with Crippen LogP contribution in [-0.4, -0.2) is 32.9 Å². The summed E-state index contributed by atoms with van der Waals surface area (Å²) in [5, 5.41) is 3.06. The van der Waals surface area contributed by atoms with Crippen LogP contribution in [0.3, 0.4) is 0 Å². The van der Waals surface area contributed by atoms with Crippen LogP contribution in [0.2, 0.25) is 0 Å². The molecule has 1 N–H and O–H groups in total. The van der Waals surface area contributed by atoms with E-state index in [-0.39, 0.29) is 0 Å². The Morgan fingerprint density at radius 1 is 1.38 bits per heavy atom. The van der Waals surface area contributed by atoms with Gasteiger partial charge in [0.25, 0.3) is 0 Å². The fourth-order valence-electron chi connectivity index (χ4n) is 2.57. The van der Waals surface area contributed by atoms with Gasteiger partial charge in [-0.3, -0.25) is 0 Å². The predicted octanol–water partition coefficient (Wildman–Crippen LogP) is 2.98. The van der Waals surface area contributed by atoms with E-state index in [4.69, 9.17) is 0 Å². The summed E-state index contributed by atoms with van der Waals surface area (Å²) in [6, 6.07) is 5.45. The molecule has 0 unspecified atom stereocenters. The maximum absolute atomic E-state index is 12.8. The standard InChI is InChI=1S/C15H23BrN2O2S/c1-3-18(11-12-5-4-6-12)21(19,20)15-8-7-13(10-17-2)9-14(15)16/h7-9,12,17H,3-6,10-11H2,1-2H3. The van der Waals surface area contributed by atoms with Crippen molar-refractivity contribution >= 4 is 26.0 Å². The number of benzene rings is 1. The highest BCUT2D eigenvalue weighted by Crippen LogP contribution is 2.31. The second-order valence-electron chi connectivity index (χ2n) is 5.55. The molecule has 1 aromatic carbocycles. The number of rotatable bonds is 7. The van der Waals surface area contributed by atoms with E-state index in [1.807, 2.05) is 26.1 Å². The third kappa shape index (κ3) is 3.86. The first-order chi connectivity index (χ1) is 9.98. The van der Waals surface area contributed by atoms with Crippen LogP contribution < -0.4 is 5.32 Å². The zero-order valence-corrected chi connectivity index (χ0v) is 15.0. The second kappa shape index (κ2) is 7.22. The smallest absolute Gasteiger partial charge is 0.244 e. The Labute approximate surface area is 136 Å². The van der Waals surface area contributed by atoms with Gasteiger partial charge in [-0.25, -0.2) is 8.42 Å². The number of nitrogens with one attached hydrogen (secondary N) is 1. The van der Waals surface area contributed by atoms with Crippen molar-refractivity contribution in [1.82, 2.24) is 9.62 Å². The quantitative estimate of drug-likeness (QED) is 0.797. The Morgan fingerprint density at radius 2 is 2.10 bits per heavy atom. The van der Waals surface area contributed by atoms with Crippen LogP contribution in [0.4, 0.5) is 0 Å². The molecule has 4 nitrogen and oxygen atoms in total. The Kier molecular flexibility index (Phi) is 5.82. The molecule has 0 bridgehead atoms. The van der Waals surface area contributed by atoms with Gasteiger partial charge in [0, 0.05) is 24.1 Å². The molecule has 21 heavy (non-hydrogen) atoms. The van der Waals surface area contributed by atoms with Gasteiger partial charge in [-0.1, -0.05) is 19.4 Å². The third-order valence-corrected chi connectivity index (χ3v) is 6.95. The van der Waals surface area contributed by atoms with E-state index in [2.05, 4.69) is 21.2 Å². The van der Waals surface area contributed by atoms with Crippen LogP contribution in [-0.2, 0) is 16.6 Å². The normalized spacial score (nSPS) is 16.2. The Hall–Kier alpha value is -0.430. The molecule has 0 aliphatic heterocycles. The molecule has 0 atom stereocenters. The highest BCUT2D eigenvalue weighted by atomic mass is 79.9. The fraction of sp³-hybridized carbons (Fsp3) is 0.600. The van der Waals surface area contributed by atoms with Gasteiger partial charge in [0.05, 0.1) is 4.90 Å². The molecule has 6 heteroatoms. The summed E-state index contributed by atoms with van der Waals surface area (Å²) < 4.78 is 27.9. The SMILES string of the molecule is CCN(CC1CCC1)S(=O)(=O)c1ccc(CNC)cc1Br. The average molecular weight is 375 g/mol. The van der Waals surface area contributed by atoms with Gasteiger partial charge in [0.15, 0.2) is 0 Å². The van der Waals surface area contributed by atoms with E-state index in [1.165, 1.54) is 6.42 Å². The van der Waals surface area contributed by atoms with Gasteiger partial charge in [-0.2, -0.15) is 4.31 Å². The van der Waals surface area contributed by atoms with Crippen LogP contribution in [0.15, 0.2) is 27.6 Å².